The second-order valence-electron chi connectivity index (χ2n) is 4.73. The maximum atomic E-state index is 11.8. The van der Waals surface area contributed by atoms with Crippen molar-refractivity contribution in [2.75, 3.05) is 24.2 Å². The van der Waals surface area contributed by atoms with Crippen molar-refractivity contribution in [2.24, 2.45) is 5.14 Å². The predicted molar refractivity (Wildman–Crippen MR) is 76.7 cm³/mol. The van der Waals surface area contributed by atoms with Crippen LogP contribution in [0.25, 0.3) is 0 Å². The van der Waals surface area contributed by atoms with Crippen LogP contribution in [0.1, 0.15) is 12.8 Å². The van der Waals surface area contributed by atoms with Crippen LogP contribution in [-0.2, 0) is 14.8 Å². The number of nitrogens with one attached hydrogen (secondary N) is 1. The molecule has 0 aliphatic carbocycles. The van der Waals surface area contributed by atoms with Crippen molar-refractivity contribution in [1.82, 2.24) is 5.32 Å². The first kappa shape index (κ1) is 14.6. The summed E-state index contributed by atoms with van der Waals surface area (Å²) in [7, 11) is -2.24. The number of primary sulfonamides is 1. The maximum absolute atomic E-state index is 11.8. The quantitative estimate of drug-likeness (QED) is 0.658. The number of hydrogen-bond acceptors (Lipinski definition) is 5. The van der Waals surface area contributed by atoms with E-state index < -0.39 is 10.0 Å². The topological polar surface area (TPSA) is 119 Å². The molecule has 2 rings (SSSR count). The molecular weight excluding hydrogens is 280 g/mol. The van der Waals surface area contributed by atoms with Gasteiger partial charge < -0.3 is 16.0 Å². The largest absolute Gasteiger partial charge is 0.398 e. The van der Waals surface area contributed by atoms with Crippen LogP contribution < -0.4 is 21.1 Å². The smallest absolute Gasteiger partial charge is 0.242 e. The van der Waals surface area contributed by atoms with Gasteiger partial charge in [0, 0.05) is 19.3 Å². The zero-order valence-corrected chi connectivity index (χ0v) is 12.0. The molecule has 1 aliphatic rings. The molecule has 110 valence electrons. The summed E-state index contributed by atoms with van der Waals surface area (Å²) in [6, 6.07) is 4.29. The monoisotopic (exact) mass is 298 g/mol. The highest BCUT2D eigenvalue weighted by molar-refractivity contribution is 7.89. The van der Waals surface area contributed by atoms with Gasteiger partial charge in [-0.2, -0.15) is 0 Å². The molecule has 1 aliphatic heterocycles. The minimum absolute atomic E-state index is 0.0587. The fourth-order valence-electron chi connectivity index (χ4n) is 2.49. The van der Waals surface area contributed by atoms with Crippen molar-refractivity contribution >= 4 is 27.3 Å². The highest BCUT2D eigenvalue weighted by Crippen LogP contribution is 2.29. The van der Waals surface area contributed by atoms with Gasteiger partial charge in [-0.1, -0.05) is 0 Å². The molecule has 20 heavy (non-hydrogen) atoms. The molecule has 1 amide bonds. The van der Waals surface area contributed by atoms with Crippen LogP contribution in [0.3, 0.4) is 0 Å². The number of benzene rings is 1. The first-order valence-electron chi connectivity index (χ1n) is 6.25. The molecular formula is C12H18N4O3S. The van der Waals surface area contributed by atoms with E-state index in [2.05, 4.69) is 5.32 Å². The second kappa shape index (κ2) is 5.29. The summed E-state index contributed by atoms with van der Waals surface area (Å²) in [5, 5.41) is 7.70. The molecule has 1 unspecified atom stereocenters. The normalized spacial score (nSPS) is 19.1. The van der Waals surface area contributed by atoms with Gasteiger partial charge in [-0.25, -0.2) is 13.6 Å². The number of sulfonamides is 1. The van der Waals surface area contributed by atoms with Crippen LogP contribution in [0.15, 0.2) is 23.1 Å². The van der Waals surface area contributed by atoms with Crippen LogP contribution in [0.4, 0.5) is 11.4 Å². The molecule has 0 bridgehead atoms. The Kier molecular flexibility index (Phi) is 3.87. The van der Waals surface area contributed by atoms with Crippen LogP contribution >= 0.6 is 0 Å². The van der Waals surface area contributed by atoms with Gasteiger partial charge in [0.1, 0.15) is 10.9 Å². The standard InChI is InChI=1S/C12H18N4O3S/c1-15-12(17)10-3-2-6-16(10)8-4-5-11(9(13)7-8)20(14,18)19/h4-5,7,10H,2-3,6,13H2,1H3,(H,15,17)(H2,14,18,19). The summed E-state index contributed by atoms with van der Waals surface area (Å²) in [6.07, 6.45) is 1.66. The molecule has 1 aromatic rings. The molecule has 1 heterocycles. The van der Waals surface area contributed by atoms with Crippen molar-refractivity contribution in [2.45, 2.75) is 23.8 Å². The van der Waals surface area contributed by atoms with Crippen LogP contribution in [0, 0.1) is 0 Å². The van der Waals surface area contributed by atoms with E-state index in [4.69, 9.17) is 10.9 Å². The first-order valence-corrected chi connectivity index (χ1v) is 7.80. The number of anilines is 2. The fourth-order valence-corrected chi connectivity index (χ4v) is 3.13. The van der Waals surface area contributed by atoms with E-state index in [-0.39, 0.29) is 22.5 Å². The number of nitrogens with two attached hydrogens (primary N) is 2. The number of likely N-dealkylation sites (N-methyl/N-ethyl adjacent to an activating group) is 1. The molecule has 7 nitrogen and oxygen atoms in total. The Bertz CT molecular complexity index is 630. The number of carbonyl (C=O) groups excluding carboxylic acids is 1. The van der Waals surface area contributed by atoms with Crippen molar-refractivity contribution in [3.05, 3.63) is 18.2 Å². The van der Waals surface area contributed by atoms with Gasteiger partial charge in [0.25, 0.3) is 0 Å². The minimum atomic E-state index is -3.83. The third kappa shape index (κ3) is 2.70. The Morgan fingerprint density at radius 3 is 2.70 bits per heavy atom. The molecule has 0 saturated carbocycles. The summed E-state index contributed by atoms with van der Waals surface area (Å²) in [4.78, 5) is 13.6. The maximum Gasteiger partial charge on any atom is 0.242 e. The Labute approximate surface area is 118 Å². The number of carbonyl (C=O) groups is 1. The highest BCUT2D eigenvalue weighted by atomic mass is 32.2. The Morgan fingerprint density at radius 1 is 1.45 bits per heavy atom. The van der Waals surface area contributed by atoms with Gasteiger partial charge in [-0.15, -0.1) is 0 Å². The lowest BCUT2D eigenvalue weighted by atomic mass is 10.2. The van der Waals surface area contributed by atoms with E-state index in [0.717, 1.165) is 25.1 Å². The van der Waals surface area contributed by atoms with Crippen molar-refractivity contribution in [3.8, 4) is 0 Å². The average Bonchev–Trinajstić information content (AvgIpc) is 2.85. The van der Waals surface area contributed by atoms with Gasteiger partial charge in [0.15, 0.2) is 0 Å². The molecule has 1 saturated heterocycles. The van der Waals surface area contributed by atoms with E-state index >= 15 is 0 Å². The number of nitrogens with zero attached hydrogens (tertiary/aromatic N) is 1. The van der Waals surface area contributed by atoms with E-state index in [1.54, 1.807) is 19.2 Å². The molecule has 1 fully saturated rings. The minimum Gasteiger partial charge on any atom is -0.398 e. The molecule has 8 heteroatoms. The lowest BCUT2D eigenvalue weighted by Gasteiger charge is -2.26. The predicted octanol–water partition coefficient (Wildman–Crippen LogP) is -0.369. The summed E-state index contributed by atoms with van der Waals surface area (Å²) in [6.45, 7) is 0.728. The van der Waals surface area contributed by atoms with Gasteiger partial charge in [0.05, 0.1) is 5.69 Å². The van der Waals surface area contributed by atoms with E-state index in [9.17, 15) is 13.2 Å². The number of nitrogen functional groups attached to an aromatic ring is 1. The molecule has 0 radical (unpaired) electrons. The van der Waals surface area contributed by atoms with Crippen molar-refractivity contribution < 1.29 is 13.2 Å². The lowest BCUT2D eigenvalue weighted by molar-refractivity contribution is -0.121. The summed E-state index contributed by atoms with van der Waals surface area (Å²) < 4.78 is 22.7. The van der Waals surface area contributed by atoms with Crippen LogP contribution in [0.5, 0.6) is 0 Å². The SMILES string of the molecule is CNC(=O)C1CCCN1c1ccc(S(N)(=O)=O)c(N)c1. The van der Waals surface area contributed by atoms with Gasteiger partial charge in [-0.3, -0.25) is 4.79 Å². The third-order valence-corrected chi connectivity index (χ3v) is 4.42. The van der Waals surface area contributed by atoms with Crippen LogP contribution in [0.2, 0.25) is 0 Å². The van der Waals surface area contributed by atoms with E-state index in [0.29, 0.717) is 0 Å². The van der Waals surface area contributed by atoms with Crippen molar-refractivity contribution in [3.63, 3.8) is 0 Å². The summed E-state index contributed by atoms with van der Waals surface area (Å²) in [5.74, 6) is -0.0587. The number of rotatable bonds is 3. The van der Waals surface area contributed by atoms with E-state index in [1.807, 2.05) is 4.90 Å². The number of amides is 1. The molecule has 1 atom stereocenters. The Morgan fingerprint density at radius 2 is 2.15 bits per heavy atom. The zero-order chi connectivity index (χ0) is 14.9. The highest BCUT2D eigenvalue weighted by Gasteiger charge is 2.30. The molecule has 0 spiro atoms. The molecule has 1 aromatic carbocycles. The second-order valence-corrected chi connectivity index (χ2v) is 6.26. The van der Waals surface area contributed by atoms with Gasteiger partial charge in [-0.05, 0) is 31.0 Å². The first-order chi connectivity index (χ1) is 9.34. The van der Waals surface area contributed by atoms with Crippen LogP contribution in [-0.4, -0.2) is 34.0 Å². The molecule has 0 aromatic heterocycles. The zero-order valence-electron chi connectivity index (χ0n) is 11.2. The fraction of sp³-hybridized carbons (Fsp3) is 0.417. The lowest BCUT2D eigenvalue weighted by Crippen LogP contribution is -2.42. The summed E-state index contributed by atoms with van der Waals surface area (Å²) >= 11 is 0. The molecule has 5 N–H and O–H groups in total. The average molecular weight is 298 g/mol. The van der Waals surface area contributed by atoms with E-state index in [1.165, 1.54) is 6.07 Å². The van der Waals surface area contributed by atoms with Gasteiger partial charge in [0.2, 0.25) is 15.9 Å². The van der Waals surface area contributed by atoms with Gasteiger partial charge >= 0.3 is 0 Å². The Hall–Kier alpha value is -1.80. The Balaban J connectivity index is 2.34. The number of hydrogen-bond donors (Lipinski definition) is 3. The summed E-state index contributed by atoms with van der Waals surface area (Å²) in [5.41, 5.74) is 6.56. The van der Waals surface area contributed by atoms with Crippen molar-refractivity contribution in [1.29, 1.82) is 0 Å². The third-order valence-electron chi connectivity index (χ3n) is 3.43.